The molecule has 0 bridgehead atoms. The Bertz CT molecular complexity index is 707. The summed E-state index contributed by atoms with van der Waals surface area (Å²) in [5.41, 5.74) is 0.772. The maximum Gasteiger partial charge on any atom is 0.275 e. The summed E-state index contributed by atoms with van der Waals surface area (Å²) in [6.45, 7) is 2.82. The minimum atomic E-state index is -0.538. The van der Waals surface area contributed by atoms with Crippen molar-refractivity contribution in [3.05, 3.63) is 47.3 Å². The largest absolute Gasteiger partial charge is 0.350 e. The van der Waals surface area contributed by atoms with Crippen LogP contribution in [0.5, 0.6) is 0 Å². The van der Waals surface area contributed by atoms with E-state index in [4.69, 9.17) is 4.52 Å². The number of hydrogen-bond donors (Lipinski definition) is 2. The molecule has 1 aromatic carbocycles. The Labute approximate surface area is 126 Å². The van der Waals surface area contributed by atoms with Gasteiger partial charge in [-0.05, 0) is 5.56 Å². The topological polar surface area (TPSA) is 101 Å². The highest BCUT2D eigenvalue weighted by atomic mass is 16.5. The van der Waals surface area contributed by atoms with Crippen LogP contribution in [0.3, 0.4) is 0 Å². The lowest BCUT2D eigenvalue weighted by molar-refractivity contribution is -0.114. The minimum Gasteiger partial charge on any atom is -0.350 e. The predicted octanol–water partition coefficient (Wildman–Crippen LogP) is 1.77. The van der Waals surface area contributed by atoms with Crippen LogP contribution in [0.25, 0.3) is 0 Å². The lowest BCUT2D eigenvalue weighted by Gasteiger charge is -2.05. The Morgan fingerprint density at radius 3 is 2.41 bits per heavy atom. The Hall–Kier alpha value is -2.96. The number of rotatable bonds is 5. The number of Topliss-reactive ketones (excluding diaryl/α,β-unsaturated/α-hetero) is 1. The number of nitrogens with zero attached hydrogens (tertiary/aromatic N) is 1. The minimum absolute atomic E-state index is 0.00874. The van der Waals surface area contributed by atoms with Gasteiger partial charge in [-0.3, -0.25) is 14.4 Å². The van der Waals surface area contributed by atoms with E-state index in [1.54, 1.807) is 0 Å². The third-order valence-corrected chi connectivity index (χ3v) is 2.82. The molecule has 22 heavy (non-hydrogen) atoms. The normalized spacial score (nSPS) is 10.1. The average molecular weight is 301 g/mol. The molecule has 0 radical (unpaired) electrons. The molecule has 0 atom stereocenters. The van der Waals surface area contributed by atoms with Gasteiger partial charge in [0, 0.05) is 20.4 Å². The van der Waals surface area contributed by atoms with Crippen LogP contribution in [0.2, 0.25) is 0 Å². The monoisotopic (exact) mass is 301 g/mol. The van der Waals surface area contributed by atoms with Crippen LogP contribution < -0.4 is 10.6 Å². The van der Waals surface area contributed by atoms with Crippen molar-refractivity contribution in [1.82, 2.24) is 10.5 Å². The highest BCUT2D eigenvalue weighted by molar-refractivity contribution is 6.08. The number of carbonyl (C=O) groups excluding carboxylic acids is 3. The van der Waals surface area contributed by atoms with Gasteiger partial charge in [-0.2, -0.15) is 0 Å². The SMILES string of the molecule is CC(=O)Nc1c(C(=O)NCc2ccccc2)noc1C(C)=O. The Kier molecular flexibility index (Phi) is 4.67. The summed E-state index contributed by atoms with van der Waals surface area (Å²) in [7, 11) is 0. The van der Waals surface area contributed by atoms with E-state index < -0.39 is 17.6 Å². The Balaban J connectivity index is 2.18. The summed E-state index contributed by atoms with van der Waals surface area (Å²) in [6.07, 6.45) is 0. The van der Waals surface area contributed by atoms with Crippen LogP contribution in [-0.4, -0.2) is 22.8 Å². The molecule has 2 amide bonds. The number of carbonyl (C=O) groups is 3. The number of hydrogen-bond acceptors (Lipinski definition) is 5. The number of amides is 2. The van der Waals surface area contributed by atoms with Crippen LogP contribution in [-0.2, 0) is 11.3 Å². The van der Waals surface area contributed by atoms with E-state index in [0.29, 0.717) is 6.54 Å². The first-order valence-corrected chi connectivity index (χ1v) is 6.59. The smallest absolute Gasteiger partial charge is 0.275 e. The highest BCUT2D eigenvalue weighted by Gasteiger charge is 2.25. The van der Waals surface area contributed by atoms with Crippen molar-refractivity contribution in [3.8, 4) is 0 Å². The van der Waals surface area contributed by atoms with Gasteiger partial charge >= 0.3 is 0 Å². The fourth-order valence-electron chi connectivity index (χ4n) is 1.84. The number of aromatic nitrogens is 1. The van der Waals surface area contributed by atoms with Crippen molar-refractivity contribution in [3.63, 3.8) is 0 Å². The van der Waals surface area contributed by atoms with Gasteiger partial charge in [0.05, 0.1) is 0 Å². The summed E-state index contributed by atoms with van der Waals surface area (Å²) in [4.78, 5) is 34.8. The fourth-order valence-corrected chi connectivity index (χ4v) is 1.84. The summed E-state index contributed by atoms with van der Waals surface area (Å²) < 4.78 is 4.86. The summed E-state index contributed by atoms with van der Waals surface area (Å²) >= 11 is 0. The molecule has 0 saturated heterocycles. The maximum atomic E-state index is 12.2. The Morgan fingerprint density at radius 2 is 1.82 bits per heavy atom. The van der Waals surface area contributed by atoms with Crippen molar-refractivity contribution in [1.29, 1.82) is 0 Å². The molecule has 1 aromatic heterocycles. The zero-order valence-electron chi connectivity index (χ0n) is 12.2. The molecule has 114 valence electrons. The molecular weight excluding hydrogens is 286 g/mol. The molecular formula is C15H15N3O4. The molecule has 2 aromatic rings. The molecule has 2 rings (SSSR count). The molecule has 1 heterocycles. The average Bonchev–Trinajstić information content (AvgIpc) is 2.89. The first-order valence-electron chi connectivity index (χ1n) is 6.59. The maximum absolute atomic E-state index is 12.2. The number of benzene rings is 1. The predicted molar refractivity (Wildman–Crippen MR) is 78.4 cm³/mol. The molecule has 7 heteroatoms. The molecule has 0 saturated carbocycles. The van der Waals surface area contributed by atoms with E-state index in [1.165, 1.54) is 13.8 Å². The molecule has 0 aliphatic rings. The van der Waals surface area contributed by atoms with E-state index >= 15 is 0 Å². The van der Waals surface area contributed by atoms with E-state index in [9.17, 15) is 14.4 Å². The molecule has 0 unspecified atom stereocenters. The van der Waals surface area contributed by atoms with E-state index in [0.717, 1.165) is 5.56 Å². The van der Waals surface area contributed by atoms with Gasteiger partial charge in [-0.15, -0.1) is 0 Å². The molecule has 2 N–H and O–H groups in total. The second-order valence-electron chi connectivity index (χ2n) is 4.64. The van der Waals surface area contributed by atoms with Gasteiger partial charge in [0.25, 0.3) is 5.91 Å². The first-order chi connectivity index (χ1) is 10.5. The third-order valence-electron chi connectivity index (χ3n) is 2.82. The van der Waals surface area contributed by atoms with Crippen LogP contribution >= 0.6 is 0 Å². The zero-order chi connectivity index (χ0) is 16.1. The van der Waals surface area contributed by atoms with E-state index in [2.05, 4.69) is 15.8 Å². The first kappa shape index (κ1) is 15.4. The van der Waals surface area contributed by atoms with Gasteiger partial charge in [0.2, 0.25) is 11.7 Å². The zero-order valence-corrected chi connectivity index (χ0v) is 12.2. The lowest BCUT2D eigenvalue weighted by Crippen LogP contribution is -2.24. The molecule has 0 fully saturated rings. The van der Waals surface area contributed by atoms with Crippen LogP contribution in [0.4, 0.5) is 5.69 Å². The van der Waals surface area contributed by atoms with Gasteiger partial charge in [-0.25, -0.2) is 0 Å². The van der Waals surface area contributed by atoms with Crippen LogP contribution in [0.1, 0.15) is 40.5 Å². The van der Waals surface area contributed by atoms with Crippen molar-refractivity contribution < 1.29 is 18.9 Å². The standard InChI is InChI=1S/C15H15N3O4/c1-9(19)14-12(17-10(2)20)13(18-22-14)15(21)16-8-11-6-4-3-5-7-11/h3-7H,8H2,1-2H3,(H,16,21)(H,17,20). The van der Waals surface area contributed by atoms with Crippen molar-refractivity contribution in [2.24, 2.45) is 0 Å². The van der Waals surface area contributed by atoms with E-state index in [-0.39, 0.29) is 17.1 Å². The van der Waals surface area contributed by atoms with Gasteiger partial charge in [-0.1, -0.05) is 35.5 Å². The Morgan fingerprint density at radius 1 is 1.14 bits per heavy atom. The second-order valence-corrected chi connectivity index (χ2v) is 4.64. The molecule has 0 aliphatic heterocycles. The van der Waals surface area contributed by atoms with Gasteiger partial charge < -0.3 is 15.2 Å². The highest BCUT2D eigenvalue weighted by Crippen LogP contribution is 2.21. The number of ketones is 1. The van der Waals surface area contributed by atoms with E-state index in [1.807, 2.05) is 30.3 Å². The van der Waals surface area contributed by atoms with Crippen LogP contribution in [0.15, 0.2) is 34.9 Å². The lowest BCUT2D eigenvalue weighted by atomic mass is 10.2. The molecule has 7 nitrogen and oxygen atoms in total. The van der Waals surface area contributed by atoms with Crippen molar-refractivity contribution in [2.45, 2.75) is 20.4 Å². The van der Waals surface area contributed by atoms with Gasteiger partial charge in [0.15, 0.2) is 11.5 Å². The summed E-state index contributed by atoms with van der Waals surface area (Å²) in [5, 5.41) is 8.64. The second kappa shape index (κ2) is 6.66. The van der Waals surface area contributed by atoms with Crippen molar-refractivity contribution in [2.75, 3.05) is 5.32 Å². The molecule has 0 aliphatic carbocycles. The van der Waals surface area contributed by atoms with Gasteiger partial charge in [0.1, 0.15) is 5.69 Å². The third kappa shape index (κ3) is 3.57. The fraction of sp³-hybridized carbons (Fsp3) is 0.200. The summed E-state index contributed by atoms with van der Waals surface area (Å²) in [6, 6.07) is 9.30. The number of anilines is 1. The quantitative estimate of drug-likeness (QED) is 0.819. The summed E-state index contributed by atoms with van der Waals surface area (Å²) in [5.74, 6) is -1.55. The molecule has 0 spiro atoms. The van der Waals surface area contributed by atoms with Crippen LogP contribution in [0, 0.1) is 0 Å². The van der Waals surface area contributed by atoms with Crippen molar-refractivity contribution >= 4 is 23.3 Å². The number of nitrogens with one attached hydrogen (secondary N) is 2.